The van der Waals surface area contributed by atoms with Crippen molar-refractivity contribution >= 4 is 31.4 Å². The van der Waals surface area contributed by atoms with E-state index < -0.39 is 20.0 Å². The van der Waals surface area contributed by atoms with E-state index in [-0.39, 0.29) is 28.6 Å². The Kier molecular flexibility index (Phi) is 6.62. The summed E-state index contributed by atoms with van der Waals surface area (Å²) in [5, 5.41) is 0. The number of hydrogen-bond donors (Lipinski definition) is 0. The zero-order chi connectivity index (χ0) is 25.4. The van der Waals surface area contributed by atoms with E-state index in [1.807, 2.05) is 13.8 Å². The maximum atomic E-state index is 13.9. The van der Waals surface area contributed by atoms with Gasteiger partial charge >= 0.3 is 0 Å². The molecule has 0 aliphatic carbocycles. The van der Waals surface area contributed by atoms with E-state index in [1.165, 1.54) is 8.61 Å². The molecule has 1 aliphatic heterocycles. The summed E-state index contributed by atoms with van der Waals surface area (Å²) in [6.45, 7) is 9.66. The number of sulfonamides is 2. The molecule has 0 spiro atoms. The maximum absolute atomic E-state index is 13.9. The van der Waals surface area contributed by atoms with Crippen LogP contribution in [-0.2, 0) is 20.0 Å². The summed E-state index contributed by atoms with van der Waals surface area (Å²) >= 11 is 0. The first-order chi connectivity index (χ1) is 16.5. The largest absolute Gasteiger partial charge is 0.264 e. The van der Waals surface area contributed by atoms with Gasteiger partial charge in [0.2, 0.25) is 0 Å². The van der Waals surface area contributed by atoms with Crippen LogP contribution in [0.1, 0.15) is 18.1 Å². The van der Waals surface area contributed by atoms with Gasteiger partial charge in [-0.25, -0.2) is 16.8 Å². The Hall–Kier alpha value is -3.36. The monoisotopic (exact) mass is 508 g/mol. The highest BCUT2D eigenvalue weighted by atomic mass is 32.2. The summed E-state index contributed by atoms with van der Waals surface area (Å²) in [4.78, 5) is 0.268. The third-order valence-electron chi connectivity index (χ3n) is 6.00. The van der Waals surface area contributed by atoms with E-state index in [2.05, 4.69) is 6.58 Å². The van der Waals surface area contributed by atoms with E-state index in [1.54, 1.807) is 85.8 Å². The van der Waals surface area contributed by atoms with Crippen LogP contribution >= 0.6 is 0 Å². The highest BCUT2D eigenvalue weighted by molar-refractivity contribution is 7.93. The van der Waals surface area contributed by atoms with Crippen molar-refractivity contribution < 1.29 is 16.8 Å². The lowest BCUT2D eigenvalue weighted by molar-refractivity contribution is 0.588. The Bertz CT molecular complexity index is 1510. The highest BCUT2D eigenvalue weighted by Crippen LogP contribution is 2.38. The molecule has 8 heteroatoms. The Labute approximate surface area is 207 Å². The number of fused-ring (bicyclic) bond motifs is 1. The minimum absolute atomic E-state index is 0.0426. The number of nitrogens with zero attached hydrogens (tertiary/aromatic N) is 2. The third-order valence-corrected chi connectivity index (χ3v) is 9.57. The Morgan fingerprint density at radius 3 is 1.60 bits per heavy atom. The molecule has 0 bridgehead atoms. The maximum Gasteiger partial charge on any atom is 0.264 e. The predicted molar refractivity (Wildman–Crippen MR) is 141 cm³/mol. The molecule has 1 aliphatic rings. The SMILES string of the molecule is C=C(C)/C1=C/CN(S(=O)(=O)c2ccc(C)cc2)c2ccccc2N(S(=O)(=O)c2ccc(C)cc2)C1. The van der Waals surface area contributed by atoms with E-state index in [0.717, 1.165) is 11.1 Å². The lowest BCUT2D eigenvalue weighted by Crippen LogP contribution is -2.39. The summed E-state index contributed by atoms with van der Waals surface area (Å²) in [6.07, 6.45) is 1.74. The molecule has 0 fully saturated rings. The molecule has 1 heterocycles. The van der Waals surface area contributed by atoms with Crippen molar-refractivity contribution in [2.24, 2.45) is 0 Å². The molecule has 35 heavy (non-hydrogen) atoms. The molecule has 0 saturated carbocycles. The van der Waals surface area contributed by atoms with Crippen LogP contribution in [0.15, 0.2) is 106 Å². The fourth-order valence-corrected chi connectivity index (χ4v) is 6.78. The highest BCUT2D eigenvalue weighted by Gasteiger charge is 2.34. The topological polar surface area (TPSA) is 74.8 Å². The minimum Gasteiger partial charge on any atom is -0.260 e. The van der Waals surface area contributed by atoms with Crippen LogP contribution in [0.3, 0.4) is 0 Å². The molecular weight excluding hydrogens is 480 g/mol. The third kappa shape index (κ3) is 4.76. The van der Waals surface area contributed by atoms with Crippen LogP contribution in [0.25, 0.3) is 0 Å². The second-order valence-corrected chi connectivity index (χ2v) is 12.4. The Morgan fingerprint density at radius 2 is 1.14 bits per heavy atom. The van der Waals surface area contributed by atoms with Gasteiger partial charge in [0.05, 0.1) is 34.3 Å². The van der Waals surface area contributed by atoms with Gasteiger partial charge in [0.25, 0.3) is 20.0 Å². The number of anilines is 2. The van der Waals surface area contributed by atoms with Crippen molar-refractivity contribution in [2.45, 2.75) is 30.6 Å². The normalized spacial score (nSPS) is 16.0. The van der Waals surface area contributed by atoms with Gasteiger partial charge in [0, 0.05) is 0 Å². The second-order valence-electron chi connectivity index (χ2n) is 8.67. The average molecular weight is 509 g/mol. The number of benzene rings is 3. The summed E-state index contributed by atoms with van der Waals surface area (Å²) in [7, 11) is -7.99. The van der Waals surface area contributed by atoms with Crippen LogP contribution in [0.2, 0.25) is 0 Å². The summed E-state index contributed by atoms with van der Waals surface area (Å²) in [5.74, 6) is 0. The van der Waals surface area contributed by atoms with Crippen molar-refractivity contribution in [2.75, 3.05) is 21.7 Å². The van der Waals surface area contributed by atoms with Gasteiger partial charge in [-0.2, -0.15) is 0 Å². The van der Waals surface area contributed by atoms with E-state index in [9.17, 15) is 16.8 Å². The van der Waals surface area contributed by atoms with Gasteiger partial charge < -0.3 is 0 Å². The van der Waals surface area contributed by atoms with E-state index in [4.69, 9.17) is 0 Å². The average Bonchev–Trinajstić information content (AvgIpc) is 2.80. The quantitative estimate of drug-likeness (QED) is 0.474. The second kappa shape index (κ2) is 9.36. The molecule has 0 amide bonds. The zero-order valence-electron chi connectivity index (χ0n) is 20.0. The molecule has 6 nitrogen and oxygen atoms in total. The molecule has 4 rings (SSSR count). The van der Waals surface area contributed by atoms with Crippen molar-refractivity contribution in [1.82, 2.24) is 0 Å². The predicted octanol–water partition coefficient (Wildman–Crippen LogP) is 5.21. The standard InChI is InChI=1S/C27H28N2O4S2/c1-20(2)23-17-18-28(34(30,31)24-13-9-21(3)10-14-24)26-7-5-6-8-27(26)29(19-23)35(32,33)25-15-11-22(4)12-16-25/h5-17H,1,18-19H2,2-4H3/b23-17+. The zero-order valence-corrected chi connectivity index (χ0v) is 21.6. The van der Waals surface area contributed by atoms with Gasteiger partial charge in [0.1, 0.15) is 0 Å². The number of hydrogen-bond acceptors (Lipinski definition) is 4. The molecule has 0 unspecified atom stereocenters. The molecule has 0 N–H and O–H groups in total. The van der Waals surface area contributed by atoms with Crippen molar-refractivity contribution in [3.8, 4) is 0 Å². The van der Waals surface area contributed by atoms with Crippen LogP contribution in [0, 0.1) is 13.8 Å². The lowest BCUT2D eigenvalue weighted by atomic mass is 10.1. The number of aryl methyl sites for hydroxylation is 2. The first-order valence-corrected chi connectivity index (χ1v) is 14.0. The molecule has 0 atom stereocenters. The number of para-hydroxylation sites is 2. The van der Waals surface area contributed by atoms with Gasteiger partial charge in [0.15, 0.2) is 0 Å². The van der Waals surface area contributed by atoms with Gasteiger partial charge in [-0.15, -0.1) is 0 Å². The van der Waals surface area contributed by atoms with Crippen LogP contribution < -0.4 is 8.61 Å². The molecule has 3 aromatic rings. The van der Waals surface area contributed by atoms with Crippen LogP contribution in [0.5, 0.6) is 0 Å². The first kappa shape index (κ1) is 24.8. The molecule has 0 aromatic heterocycles. The van der Waals surface area contributed by atoms with Crippen LogP contribution in [-0.4, -0.2) is 29.9 Å². The fourth-order valence-electron chi connectivity index (χ4n) is 3.91. The van der Waals surface area contributed by atoms with Crippen molar-refractivity contribution in [3.63, 3.8) is 0 Å². The number of rotatable bonds is 5. The molecule has 0 radical (unpaired) electrons. The Balaban J connectivity index is 1.94. The molecule has 3 aromatic carbocycles. The summed E-state index contributed by atoms with van der Waals surface area (Å²) in [6, 6.07) is 19.9. The smallest absolute Gasteiger partial charge is 0.260 e. The molecule has 182 valence electrons. The molecular formula is C27H28N2O4S2. The van der Waals surface area contributed by atoms with E-state index >= 15 is 0 Å². The fraction of sp³-hybridized carbons (Fsp3) is 0.185. The first-order valence-electron chi connectivity index (χ1n) is 11.1. The van der Waals surface area contributed by atoms with Crippen molar-refractivity contribution in [3.05, 3.63) is 108 Å². The van der Waals surface area contributed by atoms with E-state index in [0.29, 0.717) is 16.8 Å². The van der Waals surface area contributed by atoms with Gasteiger partial charge in [-0.05, 0) is 62.7 Å². The van der Waals surface area contributed by atoms with Crippen LogP contribution in [0.4, 0.5) is 11.4 Å². The summed E-state index contributed by atoms with van der Waals surface area (Å²) < 4.78 is 57.8. The van der Waals surface area contributed by atoms with Gasteiger partial charge in [-0.1, -0.05) is 65.8 Å². The summed E-state index contributed by atoms with van der Waals surface area (Å²) in [5.41, 5.74) is 3.78. The van der Waals surface area contributed by atoms with Crippen molar-refractivity contribution in [1.29, 1.82) is 0 Å². The minimum atomic E-state index is -4.01. The Morgan fingerprint density at radius 1 is 0.714 bits per heavy atom. The lowest BCUT2D eigenvalue weighted by Gasteiger charge is -2.34. The van der Waals surface area contributed by atoms with Gasteiger partial charge in [-0.3, -0.25) is 8.61 Å². The molecule has 0 saturated heterocycles.